The molecule has 0 aliphatic carbocycles. The number of hydrogen-bond donors (Lipinski definition) is 2. The van der Waals surface area contributed by atoms with Gasteiger partial charge in [-0.15, -0.1) is 22.9 Å². The molecular weight excluding hydrogens is 256 g/mol. The lowest BCUT2D eigenvalue weighted by Crippen LogP contribution is -2.15. The van der Waals surface area contributed by atoms with E-state index in [1.165, 1.54) is 5.38 Å². The number of carbonyl (C=O) groups is 3. The van der Waals surface area contributed by atoms with E-state index in [0.717, 1.165) is 11.3 Å². The summed E-state index contributed by atoms with van der Waals surface area (Å²) in [6.07, 6.45) is 0.282. The molecule has 0 fully saturated rings. The summed E-state index contributed by atoms with van der Waals surface area (Å²) in [5.41, 5.74) is 0.0948. The standard InChI is InChI=1S/C8H7ClN2O4S/c9-1-6(13)11-8-10-5(3-16-8)4(2-12)7(14)15/h2-4H,1H2,(H,14,15)(H,10,11,13). The Balaban J connectivity index is 2.81. The minimum atomic E-state index is -1.31. The van der Waals surface area contributed by atoms with Crippen LogP contribution < -0.4 is 5.32 Å². The van der Waals surface area contributed by atoms with Gasteiger partial charge in [-0.05, 0) is 0 Å². The van der Waals surface area contributed by atoms with Crippen LogP contribution in [0.4, 0.5) is 5.13 Å². The van der Waals surface area contributed by atoms with Crippen molar-refractivity contribution in [2.45, 2.75) is 5.92 Å². The van der Waals surface area contributed by atoms with Gasteiger partial charge in [0, 0.05) is 5.38 Å². The quantitative estimate of drug-likeness (QED) is 0.462. The highest BCUT2D eigenvalue weighted by atomic mass is 35.5. The first-order valence-corrected chi connectivity index (χ1v) is 5.49. The van der Waals surface area contributed by atoms with E-state index < -0.39 is 17.8 Å². The third kappa shape index (κ3) is 3.01. The number of carboxylic acids is 1. The number of nitrogens with one attached hydrogen (secondary N) is 1. The van der Waals surface area contributed by atoms with E-state index in [-0.39, 0.29) is 23.0 Å². The fraction of sp³-hybridized carbons (Fsp3) is 0.250. The van der Waals surface area contributed by atoms with E-state index in [1.807, 2.05) is 0 Å². The SMILES string of the molecule is O=CC(C(=O)O)c1csc(NC(=O)CCl)n1. The largest absolute Gasteiger partial charge is 0.480 e. The van der Waals surface area contributed by atoms with Crippen LogP contribution in [-0.2, 0) is 14.4 Å². The Labute approximate surface area is 99.2 Å². The van der Waals surface area contributed by atoms with Gasteiger partial charge in [0.1, 0.15) is 12.2 Å². The molecule has 2 N–H and O–H groups in total. The van der Waals surface area contributed by atoms with Crippen LogP contribution in [0.3, 0.4) is 0 Å². The molecule has 16 heavy (non-hydrogen) atoms. The molecule has 6 nitrogen and oxygen atoms in total. The molecule has 0 radical (unpaired) electrons. The summed E-state index contributed by atoms with van der Waals surface area (Å²) in [6, 6.07) is 0. The van der Waals surface area contributed by atoms with Gasteiger partial charge in [-0.2, -0.15) is 0 Å². The molecule has 1 rings (SSSR count). The average molecular weight is 263 g/mol. The highest BCUT2D eigenvalue weighted by Crippen LogP contribution is 2.21. The van der Waals surface area contributed by atoms with E-state index in [9.17, 15) is 14.4 Å². The third-order valence-corrected chi connectivity index (χ3v) is 2.63. The van der Waals surface area contributed by atoms with Crippen molar-refractivity contribution < 1.29 is 19.5 Å². The van der Waals surface area contributed by atoms with Crippen molar-refractivity contribution in [1.29, 1.82) is 0 Å². The number of anilines is 1. The first-order valence-electron chi connectivity index (χ1n) is 4.07. The predicted octanol–water partition coefficient (Wildman–Crippen LogP) is 0.687. The molecule has 0 saturated heterocycles. The monoisotopic (exact) mass is 262 g/mol. The van der Waals surface area contributed by atoms with Gasteiger partial charge in [0.15, 0.2) is 11.0 Å². The summed E-state index contributed by atoms with van der Waals surface area (Å²) < 4.78 is 0. The maximum absolute atomic E-state index is 10.9. The first-order chi connectivity index (χ1) is 7.58. The molecular formula is C8H7ClN2O4S. The number of alkyl halides is 1. The van der Waals surface area contributed by atoms with Crippen molar-refractivity contribution >= 4 is 46.2 Å². The van der Waals surface area contributed by atoms with Gasteiger partial charge in [0.2, 0.25) is 5.91 Å². The highest BCUT2D eigenvalue weighted by Gasteiger charge is 2.22. The maximum Gasteiger partial charge on any atom is 0.319 e. The Morgan fingerprint density at radius 2 is 2.38 bits per heavy atom. The molecule has 1 unspecified atom stereocenters. The van der Waals surface area contributed by atoms with Crippen LogP contribution in [0.2, 0.25) is 0 Å². The molecule has 0 bridgehead atoms. The van der Waals surface area contributed by atoms with Crippen molar-refractivity contribution in [2.24, 2.45) is 0 Å². The zero-order valence-electron chi connectivity index (χ0n) is 7.84. The number of aromatic nitrogens is 1. The van der Waals surface area contributed by atoms with Crippen LogP contribution in [0.15, 0.2) is 5.38 Å². The Morgan fingerprint density at radius 3 is 2.88 bits per heavy atom. The van der Waals surface area contributed by atoms with Crippen LogP contribution >= 0.6 is 22.9 Å². The number of carboxylic acid groups (broad SMARTS) is 1. The Kier molecular flexibility index (Phi) is 4.39. The molecule has 1 aromatic rings. The van der Waals surface area contributed by atoms with E-state index in [0.29, 0.717) is 0 Å². The summed E-state index contributed by atoms with van der Waals surface area (Å²) in [7, 11) is 0. The zero-order chi connectivity index (χ0) is 12.1. The molecule has 0 saturated carbocycles. The summed E-state index contributed by atoms with van der Waals surface area (Å²) in [4.78, 5) is 35.9. The first kappa shape index (κ1) is 12.6. The number of carbonyl (C=O) groups excluding carboxylic acids is 2. The van der Waals surface area contributed by atoms with Crippen LogP contribution in [0.1, 0.15) is 11.6 Å². The van der Waals surface area contributed by atoms with E-state index in [2.05, 4.69) is 10.3 Å². The van der Waals surface area contributed by atoms with Crippen LogP contribution in [0.5, 0.6) is 0 Å². The van der Waals surface area contributed by atoms with Crippen molar-refractivity contribution in [3.05, 3.63) is 11.1 Å². The van der Waals surface area contributed by atoms with Crippen molar-refractivity contribution in [3.63, 3.8) is 0 Å². The van der Waals surface area contributed by atoms with E-state index in [4.69, 9.17) is 16.7 Å². The average Bonchev–Trinajstić information content (AvgIpc) is 2.66. The number of aldehydes is 1. The predicted molar refractivity (Wildman–Crippen MR) is 57.9 cm³/mol. The second-order valence-corrected chi connectivity index (χ2v) is 3.84. The zero-order valence-corrected chi connectivity index (χ0v) is 9.42. The molecule has 1 heterocycles. The molecule has 0 aliphatic heterocycles. The second-order valence-electron chi connectivity index (χ2n) is 2.71. The fourth-order valence-electron chi connectivity index (χ4n) is 0.894. The van der Waals surface area contributed by atoms with Crippen molar-refractivity contribution in [3.8, 4) is 0 Å². The van der Waals surface area contributed by atoms with E-state index >= 15 is 0 Å². The molecule has 8 heteroatoms. The lowest BCUT2D eigenvalue weighted by atomic mass is 10.1. The molecule has 86 valence electrons. The smallest absolute Gasteiger partial charge is 0.319 e. The normalized spacial score (nSPS) is 11.8. The van der Waals surface area contributed by atoms with Crippen LogP contribution in [-0.4, -0.2) is 34.1 Å². The van der Waals surface area contributed by atoms with E-state index in [1.54, 1.807) is 0 Å². The summed E-state index contributed by atoms with van der Waals surface area (Å²) >= 11 is 6.29. The number of nitrogens with zero attached hydrogens (tertiary/aromatic N) is 1. The number of thiazole rings is 1. The molecule has 1 amide bonds. The van der Waals surface area contributed by atoms with Crippen molar-refractivity contribution in [2.75, 3.05) is 11.2 Å². The summed E-state index contributed by atoms with van der Waals surface area (Å²) in [5, 5.41) is 12.7. The molecule has 0 aliphatic rings. The number of hydrogen-bond acceptors (Lipinski definition) is 5. The van der Waals surface area contributed by atoms with Crippen molar-refractivity contribution in [1.82, 2.24) is 4.98 Å². The fourth-order valence-corrected chi connectivity index (χ4v) is 1.72. The lowest BCUT2D eigenvalue weighted by molar-refractivity contribution is -0.140. The topological polar surface area (TPSA) is 96.4 Å². The number of aliphatic carboxylic acids is 1. The minimum absolute atomic E-state index is 0.0948. The van der Waals surface area contributed by atoms with Gasteiger partial charge < -0.3 is 15.2 Å². The van der Waals surface area contributed by atoms with Gasteiger partial charge in [-0.25, -0.2) is 4.98 Å². The molecule has 0 spiro atoms. The minimum Gasteiger partial charge on any atom is -0.480 e. The van der Waals surface area contributed by atoms with Gasteiger partial charge in [-0.1, -0.05) is 0 Å². The number of amides is 1. The Bertz CT molecular complexity index is 420. The number of halogens is 1. The van der Waals surface area contributed by atoms with Crippen LogP contribution in [0, 0.1) is 0 Å². The van der Waals surface area contributed by atoms with Gasteiger partial charge >= 0.3 is 5.97 Å². The lowest BCUT2D eigenvalue weighted by Gasteiger charge is -1.99. The molecule has 0 aromatic carbocycles. The van der Waals surface area contributed by atoms with Crippen LogP contribution in [0.25, 0.3) is 0 Å². The molecule has 1 atom stereocenters. The highest BCUT2D eigenvalue weighted by molar-refractivity contribution is 7.14. The molecule has 1 aromatic heterocycles. The second kappa shape index (κ2) is 5.57. The number of rotatable bonds is 5. The maximum atomic E-state index is 10.9. The Morgan fingerprint density at radius 1 is 1.69 bits per heavy atom. The summed E-state index contributed by atoms with van der Waals surface area (Å²) in [6.45, 7) is 0. The van der Waals surface area contributed by atoms with Gasteiger partial charge in [0.05, 0.1) is 5.69 Å². The summed E-state index contributed by atoms with van der Waals surface area (Å²) in [5.74, 6) is -3.25. The third-order valence-electron chi connectivity index (χ3n) is 1.61. The van der Waals surface area contributed by atoms with Gasteiger partial charge in [0.25, 0.3) is 0 Å². The Hall–Kier alpha value is -1.47. The van der Waals surface area contributed by atoms with Gasteiger partial charge in [-0.3, -0.25) is 9.59 Å².